The van der Waals surface area contributed by atoms with Crippen molar-refractivity contribution in [1.29, 1.82) is 0 Å². The van der Waals surface area contributed by atoms with Crippen LogP contribution in [0, 0.1) is 11.8 Å². The summed E-state index contributed by atoms with van der Waals surface area (Å²) >= 11 is 7.18. The van der Waals surface area contributed by atoms with E-state index in [1.165, 1.54) is 11.3 Å². The molecule has 3 nitrogen and oxygen atoms in total. The highest BCUT2D eigenvalue weighted by Gasteiger charge is 2.09. The average Bonchev–Trinajstić information content (AvgIpc) is 2.88. The summed E-state index contributed by atoms with van der Waals surface area (Å²) in [5, 5.41) is 12.0. The van der Waals surface area contributed by atoms with E-state index in [2.05, 4.69) is 17.2 Å². The number of aliphatic hydroxyl groups is 1. The zero-order valence-corrected chi connectivity index (χ0v) is 12.1. The van der Waals surface area contributed by atoms with Gasteiger partial charge in [0, 0.05) is 17.1 Å². The molecule has 0 aliphatic heterocycles. The molecule has 0 atom stereocenters. The lowest BCUT2D eigenvalue weighted by molar-refractivity contribution is 0.103. The van der Waals surface area contributed by atoms with Gasteiger partial charge < -0.3 is 10.4 Å². The molecule has 0 saturated carbocycles. The van der Waals surface area contributed by atoms with Crippen LogP contribution < -0.4 is 5.32 Å². The molecular weight excluding hydrogens is 294 g/mol. The van der Waals surface area contributed by atoms with E-state index < -0.39 is 0 Å². The Hall–Kier alpha value is -1.80. The molecule has 102 valence electrons. The van der Waals surface area contributed by atoms with Gasteiger partial charge in [0.2, 0.25) is 0 Å². The van der Waals surface area contributed by atoms with Crippen LogP contribution in [0.3, 0.4) is 0 Å². The Kier molecular flexibility index (Phi) is 5.19. The van der Waals surface area contributed by atoms with Crippen molar-refractivity contribution in [2.45, 2.75) is 6.42 Å². The fraction of sp³-hybridized carbons (Fsp3) is 0.133. The summed E-state index contributed by atoms with van der Waals surface area (Å²) in [5.41, 5.74) is 0.656. The van der Waals surface area contributed by atoms with Gasteiger partial charge in [-0.3, -0.25) is 4.79 Å². The van der Waals surface area contributed by atoms with Crippen LogP contribution in [0.1, 0.15) is 21.0 Å². The first kappa shape index (κ1) is 14.6. The average molecular weight is 306 g/mol. The molecule has 0 fully saturated rings. The van der Waals surface area contributed by atoms with Crippen LogP contribution in [0.25, 0.3) is 0 Å². The molecule has 1 aromatic heterocycles. The fourth-order valence-corrected chi connectivity index (χ4v) is 2.46. The van der Waals surface area contributed by atoms with Crippen molar-refractivity contribution in [3.63, 3.8) is 0 Å². The maximum Gasteiger partial charge on any atom is 0.265 e. The van der Waals surface area contributed by atoms with Crippen molar-refractivity contribution in [3.8, 4) is 11.8 Å². The predicted molar refractivity (Wildman–Crippen MR) is 82.3 cm³/mol. The summed E-state index contributed by atoms with van der Waals surface area (Å²) in [5.74, 6) is 5.54. The Balaban J connectivity index is 2.05. The molecule has 0 saturated heterocycles. The van der Waals surface area contributed by atoms with Crippen molar-refractivity contribution >= 4 is 34.5 Å². The number of amides is 1. The lowest BCUT2D eigenvalue weighted by Crippen LogP contribution is -2.09. The van der Waals surface area contributed by atoms with Crippen LogP contribution in [0.5, 0.6) is 0 Å². The molecule has 5 heteroatoms. The highest BCUT2D eigenvalue weighted by Crippen LogP contribution is 2.19. The Morgan fingerprint density at radius 2 is 2.20 bits per heavy atom. The number of hydrogen-bond donors (Lipinski definition) is 2. The van der Waals surface area contributed by atoms with Gasteiger partial charge in [-0.15, -0.1) is 11.3 Å². The Morgan fingerprint density at radius 1 is 1.35 bits per heavy atom. The van der Waals surface area contributed by atoms with Crippen molar-refractivity contribution < 1.29 is 9.90 Å². The van der Waals surface area contributed by atoms with Crippen LogP contribution in [0.2, 0.25) is 5.02 Å². The number of carbonyl (C=O) groups is 1. The van der Waals surface area contributed by atoms with Crippen LogP contribution in [0.15, 0.2) is 36.4 Å². The largest absolute Gasteiger partial charge is 0.395 e. The van der Waals surface area contributed by atoms with Gasteiger partial charge in [-0.1, -0.05) is 29.5 Å². The van der Waals surface area contributed by atoms with E-state index in [0.717, 1.165) is 4.88 Å². The van der Waals surface area contributed by atoms with Gasteiger partial charge in [0.05, 0.1) is 16.4 Å². The van der Waals surface area contributed by atoms with Crippen LogP contribution in [-0.4, -0.2) is 17.6 Å². The van der Waals surface area contributed by atoms with Crippen LogP contribution >= 0.6 is 22.9 Å². The molecule has 2 aromatic rings. The molecule has 0 radical (unpaired) electrons. The summed E-state index contributed by atoms with van der Waals surface area (Å²) in [6.07, 6.45) is 0.432. The molecule has 0 unspecified atom stereocenters. The highest BCUT2D eigenvalue weighted by atomic mass is 35.5. The third kappa shape index (κ3) is 4.10. The minimum Gasteiger partial charge on any atom is -0.395 e. The van der Waals surface area contributed by atoms with E-state index in [4.69, 9.17) is 16.7 Å². The quantitative estimate of drug-likeness (QED) is 0.854. The standard InChI is InChI=1S/C15H12ClNO2S/c16-11-4-3-5-12(10-11)17-15(19)14-8-7-13(20-14)6-1-2-9-18/h3-5,7-8,10,18H,2,9H2,(H,17,19). The molecule has 1 heterocycles. The zero-order chi connectivity index (χ0) is 14.4. The minimum atomic E-state index is -0.188. The van der Waals surface area contributed by atoms with Crippen molar-refractivity contribution in [2.24, 2.45) is 0 Å². The first-order chi connectivity index (χ1) is 9.69. The molecule has 1 amide bonds. The number of anilines is 1. The summed E-state index contributed by atoms with van der Waals surface area (Å²) in [6, 6.07) is 10.5. The van der Waals surface area contributed by atoms with Gasteiger partial charge in [0.1, 0.15) is 0 Å². The molecule has 2 N–H and O–H groups in total. The molecule has 0 bridgehead atoms. The molecule has 1 aromatic carbocycles. The Bertz CT molecular complexity index is 670. The summed E-state index contributed by atoms with van der Waals surface area (Å²) in [7, 11) is 0. The topological polar surface area (TPSA) is 49.3 Å². The first-order valence-electron chi connectivity index (χ1n) is 5.95. The van der Waals surface area contributed by atoms with Gasteiger partial charge in [0.25, 0.3) is 5.91 Å². The van der Waals surface area contributed by atoms with Gasteiger partial charge in [-0.25, -0.2) is 0 Å². The molecule has 20 heavy (non-hydrogen) atoms. The van der Waals surface area contributed by atoms with Crippen LogP contribution in [-0.2, 0) is 0 Å². The van der Waals surface area contributed by atoms with Gasteiger partial charge in [-0.05, 0) is 30.3 Å². The highest BCUT2D eigenvalue weighted by molar-refractivity contribution is 7.14. The lowest BCUT2D eigenvalue weighted by Gasteiger charge is -2.03. The molecule has 0 spiro atoms. The maximum atomic E-state index is 12.0. The smallest absolute Gasteiger partial charge is 0.265 e. The Morgan fingerprint density at radius 3 is 2.95 bits per heavy atom. The van der Waals surface area contributed by atoms with Gasteiger partial charge >= 0.3 is 0 Å². The Labute approximate surface area is 126 Å². The normalized spacial score (nSPS) is 9.70. The van der Waals surface area contributed by atoms with E-state index in [-0.39, 0.29) is 12.5 Å². The minimum absolute atomic E-state index is 0.0421. The maximum absolute atomic E-state index is 12.0. The zero-order valence-electron chi connectivity index (χ0n) is 10.5. The number of carbonyl (C=O) groups excluding carboxylic acids is 1. The molecule has 0 aliphatic carbocycles. The van der Waals surface area contributed by atoms with Crippen molar-refractivity contribution in [3.05, 3.63) is 51.2 Å². The monoisotopic (exact) mass is 305 g/mol. The van der Waals surface area contributed by atoms with E-state index in [1.807, 2.05) is 0 Å². The summed E-state index contributed by atoms with van der Waals surface area (Å²) < 4.78 is 0. The lowest BCUT2D eigenvalue weighted by atomic mass is 10.3. The third-order valence-corrected chi connectivity index (χ3v) is 3.60. The second kappa shape index (κ2) is 7.11. The number of aliphatic hydroxyl groups excluding tert-OH is 1. The van der Waals surface area contributed by atoms with Crippen molar-refractivity contribution in [1.82, 2.24) is 0 Å². The number of benzene rings is 1. The molecular formula is C15H12ClNO2S. The summed E-state index contributed by atoms with van der Waals surface area (Å²) in [6.45, 7) is 0.0421. The van der Waals surface area contributed by atoms with Gasteiger partial charge in [0.15, 0.2) is 0 Å². The van der Waals surface area contributed by atoms with Crippen molar-refractivity contribution in [2.75, 3.05) is 11.9 Å². The predicted octanol–water partition coefficient (Wildman–Crippen LogP) is 3.39. The van der Waals surface area contributed by atoms with Crippen LogP contribution in [0.4, 0.5) is 5.69 Å². The number of thiophene rings is 1. The number of hydrogen-bond acceptors (Lipinski definition) is 3. The van der Waals surface area contributed by atoms with E-state index in [9.17, 15) is 4.79 Å². The van der Waals surface area contributed by atoms with E-state index >= 15 is 0 Å². The third-order valence-electron chi connectivity index (χ3n) is 2.36. The SMILES string of the molecule is O=C(Nc1cccc(Cl)c1)c1ccc(C#CCCO)s1. The first-order valence-corrected chi connectivity index (χ1v) is 7.15. The molecule has 0 aliphatic rings. The second-order valence-corrected chi connectivity index (χ2v) is 5.42. The van der Waals surface area contributed by atoms with Gasteiger partial charge in [-0.2, -0.15) is 0 Å². The number of nitrogens with one attached hydrogen (secondary N) is 1. The summed E-state index contributed by atoms with van der Waals surface area (Å²) in [4.78, 5) is 13.4. The number of halogens is 1. The van der Waals surface area contributed by atoms with E-state index in [0.29, 0.717) is 22.0 Å². The fourth-order valence-electron chi connectivity index (χ4n) is 1.49. The second-order valence-electron chi connectivity index (χ2n) is 3.90. The molecule has 2 rings (SSSR count). The van der Waals surface area contributed by atoms with E-state index in [1.54, 1.807) is 36.4 Å². The number of rotatable bonds is 3.